The lowest BCUT2D eigenvalue weighted by Gasteiger charge is -2.14. The van der Waals surface area contributed by atoms with E-state index in [0.29, 0.717) is 29.3 Å². The van der Waals surface area contributed by atoms with Crippen LogP contribution in [0.4, 0.5) is 13.2 Å². The first kappa shape index (κ1) is 18.3. The van der Waals surface area contributed by atoms with Crippen LogP contribution in [0.3, 0.4) is 0 Å². The van der Waals surface area contributed by atoms with Gasteiger partial charge in [0.05, 0.1) is 22.6 Å². The zero-order valence-corrected chi connectivity index (χ0v) is 16.0. The van der Waals surface area contributed by atoms with E-state index in [1.807, 2.05) is 19.9 Å². The lowest BCUT2D eigenvalue weighted by atomic mass is 10.2. The minimum absolute atomic E-state index is 0.323. The second-order valence-electron chi connectivity index (χ2n) is 5.36. The molecule has 0 atom stereocenters. The van der Waals surface area contributed by atoms with Crippen LogP contribution in [0.5, 0.6) is 0 Å². The molecule has 0 aliphatic carbocycles. The van der Waals surface area contributed by atoms with Gasteiger partial charge in [0.1, 0.15) is 5.69 Å². The Kier molecular flexibility index (Phi) is 5.11. The van der Waals surface area contributed by atoms with Crippen molar-refractivity contribution in [2.24, 2.45) is 0 Å². The van der Waals surface area contributed by atoms with Crippen molar-refractivity contribution < 1.29 is 13.2 Å². The molecule has 0 saturated carbocycles. The lowest BCUT2D eigenvalue weighted by molar-refractivity contribution is -0.138. The Balaban J connectivity index is 2.18. The van der Waals surface area contributed by atoms with Crippen LogP contribution in [0.1, 0.15) is 19.4 Å². The molecule has 3 heterocycles. The van der Waals surface area contributed by atoms with Crippen LogP contribution in [0.25, 0.3) is 22.8 Å². The number of rotatable bonds is 4. The normalized spacial score (nSPS) is 12.1. The van der Waals surface area contributed by atoms with Crippen LogP contribution < -0.4 is 0 Å². The summed E-state index contributed by atoms with van der Waals surface area (Å²) >= 11 is 5.02. The van der Waals surface area contributed by atoms with Crippen molar-refractivity contribution in [1.29, 1.82) is 0 Å². The van der Waals surface area contributed by atoms with Crippen LogP contribution in [0, 0.1) is 0 Å². The fraction of sp³-hybridized carbons (Fsp3) is 0.294. The van der Waals surface area contributed by atoms with E-state index in [2.05, 4.69) is 25.9 Å². The van der Waals surface area contributed by atoms with E-state index in [0.717, 1.165) is 27.4 Å². The highest BCUT2D eigenvalue weighted by Gasteiger charge is 2.33. The molecule has 2 aliphatic heterocycles. The molecule has 3 nitrogen and oxygen atoms in total. The highest BCUT2D eigenvalue weighted by atomic mass is 79.9. The molecule has 0 bridgehead atoms. The van der Waals surface area contributed by atoms with Crippen LogP contribution >= 0.6 is 27.7 Å². The quantitative estimate of drug-likeness (QED) is 0.479. The molecular weight excluding hydrogens is 415 g/mol. The van der Waals surface area contributed by atoms with Gasteiger partial charge in [-0.3, -0.25) is 4.98 Å². The molecule has 2 aliphatic rings. The molecule has 1 aromatic rings. The van der Waals surface area contributed by atoms with E-state index >= 15 is 0 Å². The van der Waals surface area contributed by atoms with Gasteiger partial charge in [0, 0.05) is 28.3 Å². The smallest absolute Gasteiger partial charge is 0.346 e. The molecule has 0 fully saturated rings. The predicted octanol–water partition coefficient (Wildman–Crippen LogP) is 5.96. The predicted molar refractivity (Wildman–Crippen MR) is 96.9 cm³/mol. The molecule has 0 radical (unpaired) electrons. The minimum Gasteiger partial charge on any atom is -0.346 e. The molecule has 0 amide bonds. The molecule has 0 N–H and O–H groups in total. The Bertz CT molecular complexity index is 876. The van der Waals surface area contributed by atoms with E-state index in [9.17, 15) is 13.2 Å². The summed E-state index contributed by atoms with van der Waals surface area (Å²) < 4.78 is 41.7. The average Bonchev–Trinajstić information content (AvgIpc) is 2.97. The summed E-state index contributed by atoms with van der Waals surface area (Å²) in [6.07, 6.45) is -1.60. The van der Waals surface area contributed by atoms with Crippen molar-refractivity contribution >= 4 is 27.7 Å². The number of nitrogens with zero attached hydrogens (tertiary/aromatic N) is 3. The molecule has 1 aromatic heterocycles. The maximum atomic E-state index is 13.1. The molecule has 0 aromatic carbocycles. The van der Waals surface area contributed by atoms with E-state index in [-0.39, 0.29) is 0 Å². The zero-order valence-electron chi connectivity index (χ0n) is 13.6. The van der Waals surface area contributed by atoms with Gasteiger partial charge in [-0.05, 0) is 46.8 Å². The number of alkyl halides is 3. The van der Waals surface area contributed by atoms with Crippen molar-refractivity contribution in [2.45, 2.75) is 31.5 Å². The number of thioether (sulfide) groups is 1. The van der Waals surface area contributed by atoms with Gasteiger partial charge in [-0.2, -0.15) is 13.2 Å². The first-order valence-electron chi connectivity index (χ1n) is 7.70. The van der Waals surface area contributed by atoms with E-state index in [1.165, 1.54) is 0 Å². The van der Waals surface area contributed by atoms with Gasteiger partial charge in [-0.1, -0.05) is 6.92 Å². The molecule has 0 unspecified atom stereocenters. The minimum atomic E-state index is -4.40. The van der Waals surface area contributed by atoms with E-state index in [4.69, 9.17) is 0 Å². The number of pyridine rings is 2. The Morgan fingerprint density at radius 2 is 1.92 bits per heavy atom. The summed E-state index contributed by atoms with van der Waals surface area (Å²) in [4.78, 5) is 9.80. The monoisotopic (exact) mass is 429 g/mol. The van der Waals surface area contributed by atoms with Gasteiger partial charge >= 0.3 is 6.18 Å². The second kappa shape index (κ2) is 6.99. The average molecular weight is 430 g/mol. The number of fused-ring (bicyclic) bond motifs is 1. The summed E-state index contributed by atoms with van der Waals surface area (Å²) in [6.45, 7) is 4.27. The Morgan fingerprint density at radius 3 is 2.56 bits per heavy atom. The first-order valence-corrected chi connectivity index (χ1v) is 9.48. The Morgan fingerprint density at radius 1 is 1.16 bits per heavy atom. The molecule has 0 saturated heterocycles. The van der Waals surface area contributed by atoms with E-state index < -0.39 is 11.7 Å². The van der Waals surface area contributed by atoms with Crippen molar-refractivity contribution in [2.75, 3.05) is 5.75 Å². The van der Waals surface area contributed by atoms with Crippen molar-refractivity contribution in [3.05, 3.63) is 40.6 Å². The van der Waals surface area contributed by atoms with Crippen molar-refractivity contribution in [1.82, 2.24) is 14.5 Å². The maximum Gasteiger partial charge on any atom is 0.417 e. The number of aromatic nitrogens is 3. The van der Waals surface area contributed by atoms with Gasteiger partial charge in [0.15, 0.2) is 0 Å². The number of hydrogen-bond acceptors (Lipinski definition) is 3. The van der Waals surface area contributed by atoms with Crippen LogP contribution in [-0.4, -0.2) is 20.3 Å². The lowest BCUT2D eigenvalue weighted by Crippen LogP contribution is -2.10. The van der Waals surface area contributed by atoms with Crippen LogP contribution in [0.2, 0.25) is 0 Å². The third-order valence-electron chi connectivity index (χ3n) is 3.70. The standard InChI is InChI=1S/C17H15BrF3N3S/c1-3-24-9-10(17(19,20)21)5-12-14(24)7-13(23-12)16-15(25-4-2)6-11(18)8-22-16/h5-9H,3-4H2,1-2H3. The third-order valence-corrected chi connectivity index (χ3v) is 5.05. The Hall–Kier alpha value is -1.54. The van der Waals surface area contributed by atoms with E-state index in [1.54, 1.807) is 28.6 Å². The first-order chi connectivity index (χ1) is 11.8. The molecule has 8 heteroatoms. The second-order valence-corrected chi connectivity index (χ2v) is 7.58. The SMILES string of the molecule is CCSc1cc(Br)cnc1-c1cc2n(CC)cc(C(F)(F)F)cc-2n1. The Labute approximate surface area is 156 Å². The summed E-state index contributed by atoms with van der Waals surface area (Å²) in [7, 11) is 0. The number of aryl methyl sites for hydroxylation is 1. The van der Waals surface area contributed by atoms with Gasteiger partial charge in [-0.25, -0.2) is 4.98 Å². The van der Waals surface area contributed by atoms with Gasteiger partial charge in [-0.15, -0.1) is 11.8 Å². The van der Waals surface area contributed by atoms with Crippen molar-refractivity contribution in [3.63, 3.8) is 0 Å². The fourth-order valence-electron chi connectivity index (χ4n) is 2.60. The zero-order chi connectivity index (χ0) is 18.2. The fourth-order valence-corrected chi connectivity index (χ4v) is 3.90. The number of hydrogen-bond donors (Lipinski definition) is 0. The number of halogens is 4. The maximum absolute atomic E-state index is 13.1. The summed E-state index contributed by atoms with van der Waals surface area (Å²) in [5.74, 6) is 0.860. The molecular formula is C17H15BrF3N3S. The molecule has 132 valence electrons. The van der Waals surface area contributed by atoms with Crippen LogP contribution in [-0.2, 0) is 12.7 Å². The molecule has 25 heavy (non-hydrogen) atoms. The van der Waals surface area contributed by atoms with Gasteiger partial charge in [0.2, 0.25) is 0 Å². The topological polar surface area (TPSA) is 30.7 Å². The highest BCUT2D eigenvalue weighted by molar-refractivity contribution is 9.10. The summed E-state index contributed by atoms with van der Waals surface area (Å²) in [5, 5.41) is 0. The largest absolute Gasteiger partial charge is 0.417 e. The highest BCUT2D eigenvalue weighted by Crippen LogP contribution is 2.37. The van der Waals surface area contributed by atoms with Gasteiger partial charge in [0.25, 0.3) is 0 Å². The molecule has 0 spiro atoms. The summed E-state index contributed by atoms with van der Waals surface area (Å²) in [5.41, 5.74) is 1.56. The summed E-state index contributed by atoms with van der Waals surface area (Å²) in [6, 6.07) is 4.84. The van der Waals surface area contributed by atoms with Gasteiger partial charge < -0.3 is 4.57 Å². The molecule has 3 rings (SSSR count). The van der Waals surface area contributed by atoms with Crippen molar-refractivity contribution in [3.8, 4) is 22.8 Å². The third kappa shape index (κ3) is 3.69. The van der Waals surface area contributed by atoms with Crippen LogP contribution in [0.15, 0.2) is 40.0 Å².